The van der Waals surface area contributed by atoms with E-state index in [1.165, 1.54) is 0 Å². The van der Waals surface area contributed by atoms with Gasteiger partial charge in [-0.3, -0.25) is 0 Å². The monoisotopic (exact) mass is 325 g/mol. The smallest absolute Gasteiger partial charge is 0.155 e. The van der Waals surface area contributed by atoms with E-state index in [2.05, 4.69) is 0 Å². The van der Waals surface area contributed by atoms with Crippen LogP contribution in [0.5, 0.6) is 5.75 Å². The molecule has 3 rings (SSSR count). The van der Waals surface area contributed by atoms with Crippen LogP contribution in [0.3, 0.4) is 0 Å². The van der Waals surface area contributed by atoms with Crippen molar-refractivity contribution in [1.29, 1.82) is 0 Å². The summed E-state index contributed by atoms with van der Waals surface area (Å²) in [5, 5.41) is 14.3. The Kier molecular flexibility index (Phi) is 4.60. The van der Waals surface area contributed by atoms with Gasteiger partial charge in [0.05, 0.1) is 6.10 Å². The minimum absolute atomic E-state index is 0.215. The number of nitrogen functional groups attached to an aromatic ring is 1. The second kappa shape index (κ2) is 6.67. The molecular formula is C20H23NO3. The van der Waals surface area contributed by atoms with Crippen molar-refractivity contribution in [3.05, 3.63) is 48.0 Å². The number of hydrogen-bond donors (Lipinski definition) is 2. The highest BCUT2D eigenvalue weighted by atomic mass is 16.7. The lowest BCUT2D eigenvalue weighted by Gasteiger charge is -2.23. The summed E-state index contributed by atoms with van der Waals surface area (Å²) in [6, 6.07) is 13.7. The standard InChI is InChI=1S/C20H23NO3/c1-4-19(24-12(2)23-3)17-11-18(22)15-9-13-7-5-6-8-14(13)10-16(15)20(17)21/h5-12,19,22H,4,21H2,1-3H3. The van der Waals surface area contributed by atoms with Crippen molar-refractivity contribution in [2.24, 2.45) is 0 Å². The second-order valence-corrected chi connectivity index (χ2v) is 5.98. The summed E-state index contributed by atoms with van der Waals surface area (Å²) in [7, 11) is 1.60. The van der Waals surface area contributed by atoms with Crippen LogP contribution in [-0.2, 0) is 9.47 Å². The van der Waals surface area contributed by atoms with E-state index in [-0.39, 0.29) is 18.1 Å². The Morgan fingerprint density at radius 2 is 1.71 bits per heavy atom. The highest BCUT2D eigenvalue weighted by Crippen LogP contribution is 2.39. The predicted octanol–water partition coefficient (Wildman–Crippen LogP) is 4.74. The van der Waals surface area contributed by atoms with E-state index in [0.717, 1.165) is 33.5 Å². The first-order valence-electron chi connectivity index (χ1n) is 8.17. The van der Waals surface area contributed by atoms with Crippen LogP contribution in [0.4, 0.5) is 5.69 Å². The van der Waals surface area contributed by atoms with Gasteiger partial charge in [-0.25, -0.2) is 0 Å². The molecule has 0 heterocycles. The van der Waals surface area contributed by atoms with Crippen LogP contribution in [0.1, 0.15) is 31.9 Å². The molecule has 0 saturated heterocycles. The zero-order chi connectivity index (χ0) is 17.3. The summed E-state index contributed by atoms with van der Waals surface area (Å²) in [5.74, 6) is 0.215. The first kappa shape index (κ1) is 16.6. The maximum Gasteiger partial charge on any atom is 0.155 e. The number of phenolic OH excluding ortho intramolecular Hbond substituents is 1. The fourth-order valence-electron chi connectivity index (χ4n) is 3.08. The van der Waals surface area contributed by atoms with Crippen LogP contribution in [0.15, 0.2) is 42.5 Å². The van der Waals surface area contributed by atoms with Gasteiger partial charge >= 0.3 is 0 Å². The molecule has 0 radical (unpaired) electrons. The number of aromatic hydroxyl groups is 1. The van der Waals surface area contributed by atoms with Gasteiger partial charge in [-0.1, -0.05) is 31.2 Å². The number of methoxy groups -OCH3 is 1. The summed E-state index contributed by atoms with van der Waals surface area (Å²) in [4.78, 5) is 0. The van der Waals surface area contributed by atoms with Crippen molar-refractivity contribution in [2.45, 2.75) is 32.7 Å². The topological polar surface area (TPSA) is 64.7 Å². The number of phenols is 1. The Hall–Kier alpha value is -2.30. The number of rotatable bonds is 5. The van der Waals surface area contributed by atoms with Gasteiger partial charge in [0.15, 0.2) is 6.29 Å². The lowest BCUT2D eigenvalue weighted by atomic mass is 9.96. The average molecular weight is 325 g/mol. The summed E-state index contributed by atoms with van der Waals surface area (Å²) in [6.45, 7) is 3.86. The number of anilines is 1. The first-order chi connectivity index (χ1) is 11.5. The highest BCUT2D eigenvalue weighted by molar-refractivity contribution is 6.06. The molecule has 0 aromatic heterocycles. The van der Waals surface area contributed by atoms with Gasteiger partial charge in [-0.2, -0.15) is 0 Å². The van der Waals surface area contributed by atoms with Gasteiger partial charge in [0.25, 0.3) is 0 Å². The van der Waals surface area contributed by atoms with Gasteiger partial charge in [0, 0.05) is 29.1 Å². The Labute approximate surface area is 141 Å². The van der Waals surface area contributed by atoms with E-state index in [4.69, 9.17) is 15.2 Å². The molecule has 3 aromatic rings. The first-order valence-corrected chi connectivity index (χ1v) is 8.17. The number of ether oxygens (including phenoxy) is 2. The molecule has 0 aliphatic carbocycles. The number of nitrogens with two attached hydrogens (primary N) is 1. The van der Waals surface area contributed by atoms with Crippen LogP contribution in [0.25, 0.3) is 21.5 Å². The van der Waals surface area contributed by atoms with E-state index < -0.39 is 0 Å². The van der Waals surface area contributed by atoms with Crippen molar-refractivity contribution >= 4 is 27.2 Å². The minimum Gasteiger partial charge on any atom is -0.507 e. The summed E-state index contributed by atoms with van der Waals surface area (Å²) >= 11 is 0. The quantitative estimate of drug-likeness (QED) is 0.308. The molecule has 4 nitrogen and oxygen atoms in total. The van der Waals surface area contributed by atoms with Crippen LogP contribution < -0.4 is 5.73 Å². The minimum atomic E-state index is -0.344. The predicted molar refractivity (Wildman–Crippen MR) is 98.1 cm³/mol. The maximum atomic E-state index is 10.5. The molecule has 0 aliphatic heterocycles. The summed E-state index contributed by atoms with van der Waals surface area (Å²) in [5.41, 5.74) is 7.88. The maximum absolute atomic E-state index is 10.5. The normalized spacial score (nSPS) is 14.1. The van der Waals surface area contributed by atoms with Crippen molar-refractivity contribution < 1.29 is 14.6 Å². The van der Waals surface area contributed by atoms with E-state index >= 15 is 0 Å². The summed E-state index contributed by atoms with van der Waals surface area (Å²) < 4.78 is 11.1. The third kappa shape index (κ3) is 2.90. The molecule has 0 spiro atoms. The fraction of sp³-hybridized carbons (Fsp3) is 0.300. The number of fused-ring (bicyclic) bond motifs is 2. The zero-order valence-corrected chi connectivity index (χ0v) is 14.2. The van der Waals surface area contributed by atoms with Gasteiger partial charge in [0.2, 0.25) is 0 Å². The second-order valence-electron chi connectivity index (χ2n) is 5.98. The Bertz CT molecular complexity index is 876. The largest absolute Gasteiger partial charge is 0.507 e. The molecule has 0 saturated carbocycles. The molecule has 0 amide bonds. The van der Waals surface area contributed by atoms with Crippen molar-refractivity contribution in [3.63, 3.8) is 0 Å². The Morgan fingerprint density at radius 1 is 1.08 bits per heavy atom. The third-order valence-electron chi connectivity index (χ3n) is 4.46. The molecule has 24 heavy (non-hydrogen) atoms. The molecule has 3 N–H and O–H groups in total. The van der Waals surface area contributed by atoms with Gasteiger partial charge < -0.3 is 20.3 Å². The van der Waals surface area contributed by atoms with Crippen LogP contribution >= 0.6 is 0 Å². The van der Waals surface area contributed by atoms with Crippen molar-refractivity contribution in [3.8, 4) is 5.75 Å². The van der Waals surface area contributed by atoms with Crippen molar-refractivity contribution in [2.75, 3.05) is 12.8 Å². The van der Waals surface area contributed by atoms with Gasteiger partial charge in [-0.05, 0) is 42.3 Å². The highest BCUT2D eigenvalue weighted by Gasteiger charge is 2.20. The molecule has 0 aliphatic rings. The van der Waals surface area contributed by atoms with Gasteiger partial charge in [-0.15, -0.1) is 0 Å². The van der Waals surface area contributed by atoms with E-state index in [9.17, 15) is 5.11 Å². The lowest BCUT2D eigenvalue weighted by molar-refractivity contribution is -0.146. The van der Waals surface area contributed by atoms with Crippen molar-refractivity contribution in [1.82, 2.24) is 0 Å². The molecule has 3 aromatic carbocycles. The van der Waals surface area contributed by atoms with E-state index in [0.29, 0.717) is 5.69 Å². The molecule has 126 valence electrons. The van der Waals surface area contributed by atoms with Crippen LogP contribution in [-0.4, -0.2) is 18.5 Å². The molecule has 0 fully saturated rings. The van der Waals surface area contributed by atoms with E-state index in [1.54, 1.807) is 13.2 Å². The average Bonchev–Trinajstić information content (AvgIpc) is 2.61. The van der Waals surface area contributed by atoms with Crippen LogP contribution in [0, 0.1) is 0 Å². The zero-order valence-electron chi connectivity index (χ0n) is 14.2. The SMILES string of the molecule is CCC(OC(C)OC)c1cc(O)c2cc3ccccc3cc2c1N. The lowest BCUT2D eigenvalue weighted by Crippen LogP contribution is -2.16. The fourth-order valence-corrected chi connectivity index (χ4v) is 3.08. The number of hydrogen-bond acceptors (Lipinski definition) is 4. The Balaban J connectivity index is 2.19. The van der Waals surface area contributed by atoms with Crippen LogP contribution in [0.2, 0.25) is 0 Å². The molecule has 2 atom stereocenters. The molecule has 2 unspecified atom stereocenters. The summed E-state index contributed by atoms with van der Waals surface area (Å²) in [6.07, 6.45) is 0.154. The molecule has 0 bridgehead atoms. The van der Waals surface area contributed by atoms with Gasteiger partial charge in [0.1, 0.15) is 5.75 Å². The number of benzene rings is 3. The molecular weight excluding hydrogens is 302 g/mol. The Morgan fingerprint density at radius 3 is 2.29 bits per heavy atom. The van der Waals surface area contributed by atoms with E-state index in [1.807, 2.05) is 50.2 Å². The third-order valence-corrected chi connectivity index (χ3v) is 4.46. The molecule has 4 heteroatoms.